The van der Waals surface area contributed by atoms with Crippen LogP contribution in [-0.4, -0.2) is 8.42 Å². The Bertz CT molecular complexity index is 432. The highest BCUT2D eigenvalue weighted by molar-refractivity contribution is 7.89. The van der Waals surface area contributed by atoms with Crippen molar-refractivity contribution in [1.29, 1.82) is 0 Å². The van der Waals surface area contributed by atoms with Crippen LogP contribution in [0.15, 0.2) is 29.2 Å². The van der Waals surface area contributed by atoms with Crippen molar-refractivity contribution in [2.75, 3.05) is 0 Å². The van der Waals surface area contributed by atoms with Crippen molar-refractivity contribution in [2.24, 2.45) is 5.83 Å². The molecule has 3 N–H and O–H groups in total. The zero-order valence-electron chi connectivity index (χ0n) is 9.43. The summed E-state index contributed by atoms with van der Waals surface area (Å²) in [6, 6.07) is 5.82. The first-order valence-corrected chi connectivity index (χ1v) is 4.68. The predicted molar refractivity (Wildman–Crippen MR) is 45.7 cm³/mol. The Morgan fingerprint density at radius 3 is 2.58 bits per heavy atom. The normalized spacial score (nSPS) is 15.8. The van der Waals surface area contributed by atoms with E-state index >= 15 is 0 Å². The molecule has 0 aliphatic rings. The first kappa shape index (κ1) is 5.69. The van der Waals surface area contributed by atoms with Crippen LogP contribution in [0.5, 0.6) is 0 Å². The molecule has 0 amide bonds. The molecule has 1 aromatic carbocycles. The summed E-state index contributed by atoms with van der Waals surface area (Å²) in [5.41, 5.74) is 0.888. The summed E-state index contributed by atoms with van der Waals surface area (Å²) in [5, 5.41) is 0. The third kappa shape index (κ3) is 1.82. The smallest absolute Gasteiger partial charge is 0.253 e. The Morgan fingerprint density at radius 1 is 1.50 bits per heavy atom. The number of aryl methyl sites for hydroxylation is 1. The van der Waals surface area contributed by atoms with Gasteiger partial charge in [0.05, 0.1) is 4.90 Å². The lowest BCUT2D eigenvalue weighted by atomic mass is 10.2. The van der Waals surface area contributed by atoms with Crippen LogP contribution in [-0.2, 0) is 10.0 Å². The van der Waals surface area contributed by atoms with Crippen molar-refractivity contribution in [2.45, 2.75) is 11.8 Å². The lowest BCUT2D eigenvalue weighted by Gasteiger charge is -2.01. The van der Waals surface area contributed by atoms with E-state index in [1.807, 2.05) is 0 Å². The maximum absolute atomic E-state index is 11.5. The SMILES string of the molecule is [2H]N([2H])N([2H])S(=O)(=O)c1ccc(C)cc1. The second kappa shape index (κ2) is 3.22. The third-order valence-corrected chi connectivity index (χ3v) is 2.51. The van der Waals surface area contributed by atoms with Crippen molar-refractivity contribution in [3.63, 3.8) is 0 Å². The van der Waals surface area contributed by atoms with Crippen LogP contribution in [0.4, 0.5) is 0 Å². The molecule has 0 heterocycles. The molecule has 0 saturated heterocycles. The molecule has 0 aliphatic heterocycles. The van der Waals surface area contributed by atoms with E-state index in [1.165, 1.54) is 12.1 Å². The number of nitrogens with two attached hydrogens (primary N) is 1. The number of hydrogen-bond acceptors (Lipinski definition) is 3. The van der Waals surface area contributed by atoms with E-state index in [1.54, 1.807) is 19.1 Å². The van der Waals surface area contributed by atoms with Crippen LogP contribution in [0, 0.1) is 6.92 Å². The molecular formula is C7H10N2O2S. The summed E-state index contributed by atoms with van der Waals surface area (Å²) < 4.78 is 43.5. The Hall–Kier alpha value is -0.910. The number of sulfonamides is 1. The number of hydrazine groups is 1. The van der Waals surface area contributed by atoms with Gasteiger partial charge in [-0.3, -0.25) is 5.83 Å². The molecule has 1 rings (SSSR count). The van der Waals surface area contributed by atoms with Gasteiger partial charge < -0.3 is 0 Å². The highest BCUT2D eigenvalue weighted by Gasteiger charge is 2.09. The van der Waals surface area contributed by atoms with Crippen LogP contribution in [0.2, 0.25) is 4.24 Å². The van der Waals surface area contributed by atoms with E-state index in [0.29, 0.717) is 0 Å². The van der Waals surface area contributed by atoms with E-state index < -0.39 is 10.0 Å². The Balaban J connectivity index is 3.12. The van der Waals surface area contributed by atoms with Gasteiger partial charge in [0, 0.05) is 0 Å². The summed E-state index contributed by atoms with van der Waals surface area (Å²) in [4.78, 5) is -0.329. The van der Waals surface area contributed by atoms with Gasteiger partial charge in [-0.15, -0.1) is 0 Å². The van der Waals surface area contributed by atoms with Crippen LogP contribution < -0.4 is 10.7 Å². The lowest BCUT2D eigenvalue weighted by molar-refractivity contribution is 0.584. The van der Waals surface area contributed by atoms with Crippen LogP contribution in [0.25, 0.3) is 0 Å². The van der Waals surface area contributed by atoms with E-state index in [-0.39, 0.29) is 15.5 Å². The van der Waals surface area contributed by atoms with E-state index in [9.17, 15) is 8.42 Å². The van der Waals surface area contributed by atoms with Gasteiger partial charge in [0.1, 0.15) is 2.82 Å². The van der Waals surface area contributed by atoms with E-state index in [2.05, 4.69) is 0 Å². The minimum atomic E-state index is -4.10. The molecule has 0 fully saturated rings. The largest absolute Gasteiger partial charge is 0.257 e. The number of benzene rings is 1. The quantitative estimate of drug-likeness (QED) is 0.525. The molecule has 0 unspecified atom stereocenters. The predicted octanol–water partition coefficient (Wildman–Crippen LogP) is 0.147. The maximum atomic E-state index is 11.5. The zero-order valence-corrected chi connectivity index (χ0v) is 7.25. The maximum Gasteiger partial charge on any atom is 0.253 e. The van der Waals surface area contributed by atoms with Crippen molar-refractivity contribution >= 4 is 10.0 Å². The summed E-state index contributed by atoms with van der Waals surface area (Å²) in [6.07, 6.45) is 0. The fourth-order valence-corrected chi connectivity index (χ4v) is 1.33. The summed E-state index contributed by atoms with van der Waals surface area (Å²) in [7, 11) is -4.10. The van der Waals surface area contributed by atoms with Gasteiger partial charge in [0.2, 0.25) is 0 Å². The summed E-state index contributed by atoms with van der Waals surface area (Å²) in [5.74, 6) is -0.310. The molecule has 0 radical (unpaired) electrons. The topological polar surface area (TPSA) is 72.2 Å². The molecule has 0 aliphatic carbocycles. The highest BCUT2D eigenvalue weighted by atomic mass is 32.2. The molecule has 0 spiro atoms. The Labute approximate surface area is 75.8 Å². The molecule has 0 aromatic heterocycles. The van der Waals surface area contributed by atoms with E-state index in [4.69, 9.17) is 4.24 Å². The molecule has 1 aromatic rings. The first-order valence-electron chi connectivity index (χ1n) is 4.58. The van der Waals surface area contributed by atoms with Gasteiger partial charge >= 0.3 is 0 Å². The van der Waals surface area contributed by atoms with Crippen LogP contribution in [0.3, 0.4) is 0 Å². The molecule has 5 heteroatoms. The lowest BCUT2D eigenvalue weighted by Crippen LogP contribution is -2.30. The Morgan fingerprint density at radius 2 is 2.08 bits per heavy atom. The average molecular weight is 189 g/mol. The van der Waals surface area contributed by atoms with Gasteiger partial charge in [0.15, 0.2) is 1.41 Å². The first-order chi connectivity index (χ1) is 6.85. The minimum absolute atomic E-state index is 0.118. The van der Waals surface area contributed by atoms with Crippen molar-refractivity contribution in [3.05, 3.63) is 29.8 Å². The molecular weight excluding hydrogens is 176 g/mol. The minimum Gasteiger partial charge on any atom is -0.257 e. The van der Waals surface area contributed by atoms with Gasteiger partial charge in [-0.2, -0.15) is 4.82 Å². The highest BCUT2D eigenvalue weighted by Crippen LogP contribution is 2.08. The van der Waals surface area contributed by atoms with Crippen LogP contribution >= 0.6 is 0 Å². The van der Waals surface area contributed by atoms with E-state index in [0.717, 1.165) is 5.56 Å². The average Bonchev–Trinajstić information content (AvgIpc) is 2.17. The molecule has 0 bridgehead atoms. The molecule has 0 atom stereocenters. The summed E-state index contributed by atoms with van der Waals surface area (Å²) >= 11 is 0. The van der Waals surface area contributed by atoms with Crippen molar-refractivity contribution in [3.8, 4) is 0 Å². The van der Waals surface area contributed by atoms with Crippen LogP contribution in [0.1, 0.15) is 5.56 Å². The Kier molecular flexibility index (Phi) is 1.53. The third-order valence-electron chi connectivity index (χ3n) is 1.43. The second-order valence-electron chi connectivity index (χ2n) is 2.37. The number of hydrogen-bond donors (Lipinski definition) is 2. The molecule has 4 nitrogen and oxygen atoms in total. The van der Waals surface area contributed by atoms with Crippen molar-refractivity contribution in [1.82, 2.24) is 4.82 Å². The van der Waals surface area contributed by atoms with Gasteiger partial charge in [-0.1, -0.05) is 17.7 Å². The van der Waals surface area contributed by atoms with Crippen molar-refractivity contribution < 1.29 is 12.7 Å². The second-order valence-corrected chi connectivity index (χ2v) is 3.95. The number of rotatable bonds is 3. The fraction of sp³-hybridized carbons (Fsp3) is 0.143. The fourth-order valence-electron chi connectivity index (χ4n) is 0.757. The summed E-state index contributed by atoms with van der Waals surface area (Å²) in [6.45, 7) is 1.80. The zero-order chi connectivity index (χ0) is 11.6. The van der Waals surface area contributed by atoms with Gasteiger partial charge in [0.25, 0.3) is 10.0 Å². The van der Waals surface area contributed by atoms with Gasteiger partial charge in [-0.25, -0.2) is 8.42 Å². The van der Waals surface area contributed by atoms with Gasteiger partial charge in [-0.05, 0) is 19.1 Å². The molecule has 66 valence electrons. The number of nitrogens with one attached hydrogen (secondary N) is 1. The standard InChI is InChI=1S/C7H10N2O2S/c1-6-2-4-7(5-3-6)12(10,11)9-8/h2-5,9H,8H2,1H3/i/hD3. The molecule has 0 saturated carbocycles. The molecule has 12 heavy (non-hydrogen) atoms. The monoisotopic (exact) mass is 189 g/mol.